The van der Waals surface area contributed by atoms with Crippen LogP contribution in [0.15, 0.2) is 0 Å². The van der Waals surface area contributed by atoms with Gasteiger partial charge in [0.15, 0.2) is 0 Å². The molecule has 90 valence electrons. The van der Waals surface area contributed by atoms with Gasteiger partial charge >= 0.3 is 0 Å². The van der Waals surface area contributed by atoms with Crippen LogP contribution in [-0.4, -0.2) is 24.0 Å². The van der Waals surface area contributed by atoms with E-state index in [1.807, 2.05) is 0 Å². The zero-order chi connectivity index (χ0) is 11.4. The Morgan fingerprint density at radius 2 is 1.69 bits per heavy atom. The maximum absolute atomic E-state index is 8.89. The van der Waals surface area contributed by atoms with E-state index < -0.39 is 0 Å². The highest BCUT2D eigenvalue weighted by Gasteiger charge is 2.28. The average molecular weight is 220 g/mol. The van der Waals surface area contributed by atoms with Gasteiger partial charge in [0, 0.05) is 12.0 Å². The van der Waals surface area contributed by atoms with Gasteiger partial charge in [0.1, 0.15) is 0 Å². The Morgan fingerprint density at radius 3 is 2.19 bits per heavy atom. The Balaban J connectivity index is 1.76. The van der Waals surface area contributed by atoms with Crippen LogP contribution in [0.1, 0.15) is 51.9 Å². The van der Waals surface area contributed by atoms with Crippen molar-refractivity contribution in [2.75, 3.05) is 13.1 Å². The minimum absolute atomic E-state index is 0.351. The summed E-state index contributed by atoms with van der Waals surface area (Å²) in [7, 11) is 0. The number of likely N-dealkylation sites (tertiary alicyclic amines) is 1. The summed E-state index contributed by atoms with van der Waals surface area (Å²) in [5.41, 5.74) is 0. The standard InChI is InChI=1S/C14H24N2/c1-2-12-7-9-16(10-8-12)14-5-3-13(11-15)4-6-14/h12-14H,2-10H2,1H3/t13-,14-. The second-order valence-corrected chi connectivity index (χ2v) is 5.52. The first-order chi connectivity index (χ1) is 7.83. The maximum Gasteiger partial charge on any atom is 0.0655 e. The second-order valence-electron chi connectivity index (χ2n) is 5.52. The van der Waals surface area contributed by atoms with Gasteiger partial charge in [-0.05, 0) is 57.5 Å². The molecule has 0 amide bonds. The van der Waals surface area contributed by atoms with Gasteiger partial charge in [-0.2, -0.15) is 5.26 Å². The van der Waals surface area contributed by atoms with E-state index in [0.717, 1.165) is 24.8 Å². The van der Waals surface area contributed by atoms with Crippen molar-refractivity contribution in [3.05, 3.63) is 0 Å². The van der Waals surface area contributed by atoms with Crippen molar-refractivity contribution in [1.82, 2.24) is 4.90 Å². The van der Waals surface area contributed by atoms with Gasteiger partial charge in [-0.1, -0.05) is 13.3 Å². The van der Waals surface area contributed by atoms with Crippen molar-refractivity contribution in [2.45, 2.75) is 57.9 Å². The summed E-state index contributed by atoms with van der Waals surface area (Å²) >= 11 is 0. The molecule has 0 aromatic rings. The molecule has 0 radical (unpaired) electrons. The Kier molecular flexibility index (Phi) is 4.23. The highest BCUT2D eigenvalue weighted by Crippen LogP contribution is 2.30. The van der Waals surface area contributed by atoms with Crippen LogP contribution in [0.25, 0.3) is 0 Å². The van der Waals surface area contributed by atoms with E-state index >= 15 is 0 Å². The van der Waals surface area contributed by atoms with Crippen molar-refractivity contribution in [2.24, 2.45) is 11.8 Å². The average Bonchev–Trinajstić information content (AvgIpc) is 2.39. The van der Waals surface area contributed by atoms with E-state index in [1.165, 1.54) is 45.2 Å². The number of nitriles is 1. The summed E-state index contributed by atoms with van der Waals surface area (Å²) in [6.07, 6.45) is 8.94. The third-order valence-corrected chi connectivity index (χ3v) is 4.62. The van der Waals surface area contributed by atoms with Crippen molar-refractivity contribution in [3.8, 4) is 6.07 Å². The molecule has 2 rings (SSSR count). The number of hydrogen-bond acceptors (Lipinski definition) is 2. The largest absolute Gasteiger partial charge is 0.300 e. The predicted molar refractivity (Wildman–Crippen MR) is 65.9 cm³/mol. The van der Waals surface area contributed by atoms with Crippen molar-refractivity contribution < 1.29 is 0 Å². The molecule has 2 aliphatic rings. The van der Waals surface area contributed by atoms with Gasteiger partial charge in [0.25, 0.3) is 0 Å². The summed E-state index contributed by atoms with van der Waals surface area (Å²) in [5, 5.41) is 8.89. The quantitative estimate of drug-likeness (QED) is 0.714. The fourth-order valence-corrected chi connectivity index (χ4v) is 3.30. The Bertz CT molecular complexity index is 240. The predicted octanol–water partition coefficient (Wildman–Crippen LogP) is 3.19. The number of nitrogens with zero attached hydrogens (tertiary/aromatic N) is 2. The van der Waals surface area contributed by atoms with Crippen molar-refractivity contribution in [3.63, 3.8) is 0 Å². The maximum atomic E-state index is 8.89. The van der Waals surface area contributed by atoms with Gasteiger partial charge < -0.3 is 4.90 Å². The lowest BCUT2D eigenvalue weighted by Gasteiger charge is -2.39. The molecular weight excluding hydrogens is 196 g/mol. The molecule has 16 heavy (non-hydrogen) atoms. The topological polar surface area (TPSA) is 27.0 Å². The van der Waals surface area contributed by atoms with E-state index in [4.69, 9.17) is 5.26 Å². The molecule has 0 N–H and O–H groups in total. The van der Waals surface area contributed by atoms with E-state index in [9.17, 15) is 0 Å². The molecule has 2 heteroatoms. The Morgan fingerprint density at radius 1 is 1.06 bits per heavy atom. The number of rotatable bonds is 2. The summed E-state index contributed by atoms with van der Waals surface area (Å²) in [4.78, 5) is 2.69. The zero-order valence-corrected chi connectivity index (χ0v) is 10.5. The molecule has 2 fully saturated rings. The van der Waals surface area contributed by atoms with Crippen LogP contribution in [0.5, 0.6) is 0 Å². The number of hydrogen-bond donors (Lipinski definition) is 0. The SMILES string of the molecule is CCC1CCN([C@H]2CC[C@H](C#N)CC2)CC1. The molecule has 1 aliphatic heterocycles. The normalized spacial score (nSPS) is 33.5. The first kappa shape index (κ1) is 11.9. The fraction of sp³-hybridized carbons (Fsp3) is 0.929. The first-order valence-corrected chi connectivity index (χ1v) is 6.97. The van der Waals surface area contributed by atoms with Gasteiger partial charge in [0.2, 0.25) is 0 Å². The summed E-state index contributed by atoms with van der Waals surface area (Å²) in [6, 6.07) is 3.22. The molecule has 1 saturated carbocycles. The molecule has 1 saturated heterocycles. The van der Waals surface area contributed by atoms with Gasteiger partial charge in [0.05, 0.1) is 6.07 Å². The van der Waals surface area contributed by atoms with Crippen LogP contribution in [0, 0.1) is 23.2 Å². The van der Waals surface area contributed by atoms with E-state index in [1.54, 1.807) is 0 Å². The van der Waals surface area contributed by atoms with Crippen molar-refractivity contribution in [1.29, 1.82) is 5.26 Å². The number of piperidine rings is 1. The second kappa shape index (κ2) is 5.68. The molecule has 0 aromatic heterocycles. The summed E-state index contributed by atoms with van der Waals surface area (Å²) in [5.74, 6) is 1.33. The minimum atomic E-state index is 0.351. The zero-order valence-electron chi connectivity index (χ0n) is 10.5. The molecule has 2 nitrogen and oxygen atoms in total. The minimum Gasteiger partial charge on any atom is -0.300 e. The Hall–Kier alpha value is -0.550. The molecule has 0 atom stereocenters. The van der Waals surface area contributed by atoms with Gasteiger partial charge in [-0.25, -0.2) is 0 Å². The van der Waals surface area contributed by atoms with Gasteiger partial charge in [-0.15, -0.1) is 0 Å². The molecule has 0 spiro atoms. The van der Waals surface area contributed by atoms with Crippen LogP contribution in [0.4, 0.5) is 0 Å². The first-order valence-electron chi connectivity index (χ1n) is 6.97. The summed E-state index contributed by atoms with van der Waals surface area (Å²) < 4.78 is 0. The summed E-state index contributed by atoms with van der Waals surface area (Å²) in [6.45, 7) is 4.93. The third-order valence-electron chi connectivity index (χ3n) is 4.62. The van der Waals surface area contributed by atoms with Crippen LogP contribution in [-0.2, 0) is 0 Å². The molecule has 0 unspecified atom stereocenters. The van der Waals surface area contributed by atoms with Crippen molar-refractivity contribution >= 4 is 0 Å². The van der Waals surface area contributed by atoms with Crippen LogP contribution in [0.2, 0.25) is 0 Å². The van der Waals surface area contributed by atoms with Crippen LogP contribution >= 0.6 is 0 Å². The highest BCUT2D eigenvalue weighted by molar-refractivity contribution is 4.90. The molecule has 0 aromatic carbocycles. The lowest BCUT2D eigenvalue weighted by Crippen LogP contribution is -2.43. The van der Waals surface area contributed by atoms with E-state index in [0.29, 0.717) is 5.92 Å². The van der Waals surface area contributed by atoms with Crippen LogP contribution < -0.4 is 0 Å². The fourth-order valence-electron chi connectivity index (χ4n) is 3.30. The lowest BCUT2D eigenvalue weighted by molar-refractivity contribution is 0.0994. The monoisotopic (exact) mass is 220 g/mol. The molecule has 1 aliphatic carbocycles. The lowest BCUT2D eigenvalue weighted by atomic mass is 9.84. The van der Waals surface area contributed by atoms with Gasteiger partial charge in [-0.3, -0.25) is 0 Å². The molecule has 1 heterocycles. The van der Waals surface area contributed by atoms with E-state index in [-0.39, 0.29) is 0 Å². The molecule has 0 bridgehead atoms. The highest BCUT2D eigenvalue weighted by atomic mass is 15.2. The van der Waals surface area contributed by atoms with E-state index in [2.05, 4.69) is 17.9 Å². The third kappa shape index (κ3) is 2.77. The smallest absolute Gasteiger partial charge is 0.0655 e. The molecular formula is C14H24N2. The Labute approximate surface area is 99.6 Å². The van der Waals surface area contributed by atoms with Crippen LogP contribution in [0.3, 0.4) is 0 Å².